The molecule has 0 fully saturated rings. The average molecular weight is 353 g/mol. The Kier molecular flexibility index (Phi) is 6.35. The maximum Gasteiger partial charge on any atom is 0.153 e. The molecule has 0 amide bonds. The molecule has 2 aromatic heterocycles. The van der Waals surface area contributed by atoms with Gasteiger partial charge in [-0.3, -0.25) is 0 Å². The fourth-order valence-corrected chi connectivity index (χ4v) is 2.38. The molecule has 2 heterocycles. The minimum absolute atomic E-state index is 0.714. The molecule has 1 N–H and O–H groups in total. The third-order valence-corrected chi connectivity index (χ3v) is 3.64. The van der Waals surface area contributed by atoms with E-state index in [4.69, 9.17) is 4.74 Å². The van der Waals surface area contributed by atoms with Gasteiger partial charge in [0.2, 0.25) is 0 Å². The molecular formula is C15H21BrN4O. The van der Waals surface area contributed by atoms with Crippen LogP contribution < -0.4 is 5.32 Å². The Balaban J connectivity index is 2.17. The van der Waals surface area contributed by atoms with E-state index in [1.54, 1.807) is 13.3 Å². The smallest absolute Gasteiger partial charge is 0.153 e. The van der Waals surface area contributed by atoms with Crippen molar-refractivity contribution in [2.75, 3.05) is 20.3 Å². The summed E-state index contributed by atoms with van der Waals surface area (Å²) in [4.78, 5) is 4.43. The zero-order valence-corrected chi connectivity index (χ0v) is 14.1. The zero-order valence-electron chi connectivity index (χ0n) is 12.5. The first-order valence-electron chi connectivity index (χ1n) is 7.13. The molecule has 0 aliphatic rings. The van der Waals surface area contributed by atoms with Crippen LogP contribution in [0.4, 0.5) is 0 Å². The van der Waals surface area contributed by atoms with Gasteiger partial charge in [0.1, 0.15) is 0 Å². The van der Waals surface area contributed by atoms with Crippen molar-refractivity contribution in [2.24, 2.45) is 0 Å². The molecule has 0 saturated heterocycles. The molecule has 0 aliphatic heterocycles. The number of ether oxygens (including phenoxy) is 1. The van der Waals surface area contributed by atoms with E-state index in [0.29, 0.717) is 6.61 Å². The van der Waals surface area contributed by atoms with E-state index in [1.807, 2.05) is 23.0 Å². The minimum atomic E-state index is 0.714. The number of nitrogens with zero attached hydrogens (tertiary/aromatic N) is 3. The van der Waals surface area contributed by atoms with Gasteiger partial charge in [-0.15, -0.1) is 0 Å². The number of hydrogen-bond donors (Lipinski definition) is 1. The molecule has 114 valence electrons. The van der Waals surface area contributed by atoms with Crippen molar-refractivity contribution in [1.82, 2.24) is 20.1 Å². The zero-order chi connectivity index (χ0) is 15.1. The van der Waals surface area contributed by atoms with Crippen molar-refractivity contribution < 1.29 is 4.74 Å². The Labute approximate surface area is 133 Å². The van der Waals surface area contributed by atoms with Crippen LogP contribution >= 0.6 is 15.9 Å². The molecule has 0 unspecified atom stereocenters. The molecular weight excluding hydrogens is 332 g/mol. The average Bonchev–Trinajstić information content (AvgIpc) is 2.88. The first-order valence-corrected chi connectivity index (χ1v) is 7.93. The topological polar surface area (TPSA) is 52.0 Å². The number of aromatic nitrogens is 3. The molecule has 2 aromatic rings. The molecule has 0 radical (unpaired) electrons. The Morgan fingerprint density at radius 3 is 2.86 bits per heavy atom. The molecule has 0 atom stereocenters. The summed E-state index contributed by atoms with van der Waals surface area (Å²) in [6.07, 6.45) is 5.78. The monoisotopic (exact) mass is 352 g/mol. The van der Waals surface area contributed by atoms with Crippen molar-refractivity contribution in [2.45, 2.75) is 26.3 Å². The third kappa shape index (κ3) is 4.36. The number of pyridine rings is 1. The van der Waals surface area contributed by atoms with Crippen LogP contribution in [0.5, 0.6) is 0 Å². The van der Waals surface area contributed by atoms with Gasteiger partial charge in [-0.1, -0.05) is 13.3 Å². The third-order valence-electron chi connectivity index (χ3n) is 3.17. The van der Waals surface area contributed by atoms with Crippen LogP contribution in [0, 0.1) is 0 Å². The number of halogens is 1. The van der Waals surface area contributed by atoms with Crippen LogP contribution in [0.25, 0.3) is 5.82 Å². The van der Waals surface area contributed by atoms with Gasteiger partial charge in [0.15, 0.2) is 5.82 Å². The molecule has 0 aliphatic carbocycles. The lowest BCUT2D eigenvalue weighted by molar-refractivity contribution is 0.199. The predicted molar refractivity (Wildman–Crippen MR) is 86.6 cm³/mol. The molecule has 0 aromatic carbocycles. The van der Waals surface area contributed by atoms with Crippen LogP contribution in [-0.2, 0) is 17.7 Å². The Hall–Kier alpha value is -1.24. The second kappa shape index (κ2) is 8.26. The van der Waals surface area contributed by atoms with Gasteiger partial charge in [0, 0.05) is 36.4 Å². The molecule has 0 spiro atoms. The van der Waals surface area contributed by atoms with Crippen molar-refractivity contribution in [3.05, 3.63) is 40.3 Å². The van der Waals surface area contributed by atoms with E-state index in [0.717, 1.165) is 36.2 Å². The molecule has 5 nitrogen and oxygen atoms in total. The second-order valence-corrected chi connectivity index (χ2v) is 5.70. The highest BCUT2D eigenvalue weighted by molar-refractivity contribution is 9.10. The molecule has 21 heavy (non-hydrogen) atoms. The van der Waals surface area contributed by atoms with Gasteiger partial charge in [0.25, 0.3) is 0 Å². The van der Waals surface area contributed by atoms with E-state index in [1.165, 1.54) is 11.3 Å². The summed E-state index contributed by atoms with van der Waals surface area (Å²) in [5, 5.41) is 7.87. The van der Waals surface area contributed by atoms with Crippen LogP contribution in [0.1, 0.15) is 24.6 Å². The lowest BCUT2D eigenvalue weighted by atomic mass is 10.1. The van der Waals surface area contributed by atoms with Crippen molar-refractivity contribution in [3.63, 3.8) is 0 Å². The lowest BCUT2D eigenvalue weighted by Crippen LogP contribution is -2.19. The number of hydrogen-bond acceptors (Lipinski definition) is 4. The Morgan fingerprint density at radius 1 is 1.33 bits per heavy atom. The maximum absolute atomic E-state index is 5.05. The summed E-state index contributed by atoms with van der Waals surface area (Å²) in [5.41, 5.74) is 2.44. The molecule has 2 rings (SSSR count). The second-order valence-electron chi connectivity index (χ2n) is 4.78. The van der Waals surface area contributed by atoms with E-state index < -0.39 is 0 Å². The van der Waals surface area contributed by atoms with Gasteiger partial charge < -0.3 is 10.1 Å². The first-order chi connectivity index (χ1) is 10.3. The van der Waals surface area contributed by atoms with Crippen molar-refractivity contribution >= 4 is 15.9 Å². The lowest BCUT2D eigenvalue weighted by Gasteiger charge is -2.09. The van der Waals surface area contributed by atoms with Gasteiger partial charge in [-0.05, 0) is 34.5 Å². The van der Waals surface area contributed by atoms with Gasteiger partial charge in [-0.25, -0.2) is 9.67 Å². The van der Waals surface area contributed by atoms with E-state index in [9.17, 15) is 0 Å². The molecule has 0 bridgehead atoms. The van der Waals surface area contributed by atoms with E-state index in [2.05, 4.69) is 38.3 Å². The van der Waals surface area contributed by atoms with Gasteiger partial charge in [-0.2, -0.15) is 5.10 Å². The van der Waals surface area contributed by atoms with Crippen molar-refractivity contribution in [1.29, 1.82) is 0 Å². The summed E-state index contributed by atoms with van der Waals surface area (Å²) in [6.45, 7) is 4.53. The summed E-state index contributed by atoms with van der Waals surface area (Å²) in [5.74, 6) is 0.852. The van der Waals surface area contributed by atoms with Crippen molar-refractivity contribution in [3.8, 4) is 5.82 Å². The van der Waals surface area contributed by atoms with E-state index >= 15 is 0 Å². The number of rotatable bonds is 8. The minimum Gasteiger partial charge on any atom is -0.383 e. The highest BCUT2D eigenvalue weighted by Crippen LogP contribution is 2.17. The van der Waals surface area contributed by atoms with Gasteiger partial charge in [0.05, 0.1) is 18.5 Å². The van der Waals surface area contributed by atoms with Gasteiger partial charge >= 0.3 is 0 Å². The van der Waals surface area contributed by atoms with Crippen LogP contribution in [0.3, 0.4) is 0 Å². The normalized spacial score (nSPS) is 11.0. The maximum atomic E-state index is 5.05. The predicted octanol–water partition coefficient (Wildman–Crippen LogP) is 2.72. The fourth-order valence-electron chi connectivity index (χ4n) is 2.15. The summed E-state index contributed by atoms with van der Waals surface area (Å²) in [6, 6.07) is 3.95. The quantitative estimate of drug-likeness (QED) is 0.742. The van der Waals surface area contributed by atoms with E-state index in [-0.39, 0.29) is 0 Å². The molecule has 0 saturated carbocycles. The summed E-state index contributed by atoms with van der Waals surface area (Å²) >= 11 is 3.41. The largest absolute Gasteiger partial charge is 0.383 e. The summed E-state index contributed by atoms with van der Waals surface area (Å²) in [7, 11) is 1.71. The highest BCUT2D eigenvalue weighted by Gasteiger charge is 2.12. The highest BCUT2D eigenvalue weighted by atomic mass is 79.9. The Morgan fingerprint density at radius 2 is 2.19 bits per heavy atom. The number of methoxy groups -OCH3 is 1. The molecule has 6 heteroatoms. The first kappa shape index (κ1) is 16.1. The standard InChI is InChI=1S/C15H21BrN4O/c1-3-4-14-12(9-17-7-8-21-2)10-19-20(14)15-6-5-13(16)11-18-15/h5-6,10-11,17H,3-4,7-9H2,1-2H3. The van der Waals surface area contributed by atoms with Crippen LogP contribution in [0.2, 0.25) is 0 Å². The SMILES string of the molecule is CCCc1c(CNCCOC)cnn1-c1ccc(Br)cn1. The van der Waals surface area contributed by atoms with Crippen LogP contribution in [0.15, 0.2) is 29.0 Å². The Bertz CT molecular complexity index is 553. The fraction of sp³-hybridized carbons (Fsp3) is 0.467. The summed E-state index contributed by atoms with van der Waals surface area (Å²) < 4.78 is 7.95. The van der Waals surface area contributed by atoms with Crippen LogP contribution in [-0.4, -0.2) is 35.0 Å². The number of nitrogens with one attached hydrogen (secondary N) is 1.